The third kappa shape index (κ3) is 3.00. The van der Waals surface area contributed by atoms with E-state index >= 15 is 0 Å². The van der Waals surface area contributed by atoms with E-state index in [9.17, 15) is 0 Å². The molecule has 0 radical (unpaired) electrons. The van der Waals surface area contributed by atoms with Gasteiger partial charge < -0.3 is 0 Å². The summed E-state index contributed by atoms with van der Waals surface area (Å²) in [6, 6.07) is 16.9. The minimum Gasteiger partial charge on any atom is -0.236 e. The average Bonchev–Trinajstić information content (AvgIpc) is 3.06. The van der Waals surface area contributed by atoms with Crippen molar-refractivity contribution in [2.45, 2.75) is 33.1 Å². The van der Waals surface area contributed by atoms with Crippen LogP contribution in [0.4, 0.5) is 0 Å². The Kier molecular flexibility index (Phi) is 3.96. The number of aromatic nitrogens is 4. The van der Waals surface area contributed by atoms with Gasteiger partial charge in [0.15, 0.2) is 11.5 Å². The van der Waals surface area contributed by atoms with Gasteiger partial charge in [-0.15, -0.1) is 5.10 Å². The lowest BCUT2D eigenvalue weighted by molar-refractivity contribution is 0.647. The van der Waals surface area contributed by atoms with Gasteiger partial charge in [-0.25, -0.2) is 14.5 Å². The Balaban J connectivity index is 1.70. The predicted molar refractivity (Wildman–Crippen MR) is 101 cm³/mol. The molecule has 126 valence electrons. The first kappa shape index (κ1) is 15.8. The number of para-hydroxylation sites is 1. The molecule has 4 aromatic rings. The number of hydrogen-bond donors (Lipinski definition) is 0. The van der Waals surface area contributed by atoms with Gasteiger partial charge in [-0.05, 0) is 35.6 Å². The zero-order valence-corrected chi connectivity index (χ0v) is 14.8. The Morgan fingerprint density at radius 2 is 1.72 bits per heavy atom. The third-order valence-corrected chi connectivity index (χ3v) is 4.61. The quantitative estimate of drug-likeness (QED) is 0.548. The molecule has 0 aliphatic carbocycles. The van der Waals surface area contributed by atoms with Gasteiger partial charge in [0.25, 0.3) is 0 Å². The van der Waals surface area contributed by atoms with Crippen LogP contribution in [0.25, 0.3) is 16.6 Å². The second kappa shape index (κ2) is 6.28. The third-order valence-electron chi connectivity index (χ3n) is 4.61. The van der Waals surface area contributed by atoms with E-state index in [2.05, 4.69) is 55.1 Å². The Bertz CT molecular complexity index is 1020. The molecule has 0 spiro atoms. The second-order valence-corrected chi connectivity index (χ2v) is 7.06. The van der Waals surface area contributed by atoms with Crippen molar-refractivity contribution < 1.29 is 0 Å². The van der Waals surface area contributed by atoms with E-state index in [0.29, 0.717) is 5.92 Å². The number of benzene rings is 2. The first-order valence-electron chi connectivity index (χ1n) is 8.80. The summed E-state index contributed by atoms with van der Waals surface area (Å²) in [7, 11) is 0. The molecular formula is C21H22N4. The Morgan fingerprint density at radius 1 is 0.960 bits per heavy atom. The van der Waals surface area contributed by atoms with Crippen molar-refractivity contribution in [1.82, 2.24) is 19.6 Å². The zero-order chi connectivity index (χ0) is 17.4. The van der Waals surface area contributed by atoms with Crippen molar-refractivity contribution in [2.75, 3.05) is 0 Å². The van der Waals surface area contributed by atoms with Crippen molar-refractivity contribution in [3.63, 3.8) is 0 Å². The summed E-state index contributed by atoms with van der Waals surface area (Å²) >= 11 is 0. The van der Waals surface area contributed by atoms with Crippen molar-refractivity contribution >= 4 is 16.6 Å². The van der Waals surface area contributed by atoms with Crippen molar-refractivity contribution in [1.29, 1.82) is 0 Å². The fraction of sp³-hybridized carbons (Fsp3) is 0.286. The van der Waals surface area contributed by atoms with Crippen LogP contribution >= 0.6 is 0 Å². The molecule has 2 aromatic carbocycles. The van der Waals surface area contributed by atoms with Gasteiger partial charge in [-0.1, -0.05) is 57.2 Å². The minimum absolute atomic E-state index is 0.145. The SMILES string of the molecule is CC(C)Cc1ccc([C@H](C)c2nc3c4ccccc4ncn3n2)cc1. The molecule has 4 rings (SSSR count). The van der Waals surface area contributed by atoms with E-state index in [1.54, 1.807) is 10.8 Å². The van der Waals surface area contributed by atoms with Gasteiger partial charge in [0.2, 0.25) is 0 Å². The molecule has 25 heavy (non-hydrogen) atoms. The lowest BCUT2D eigenvalue weighted by Gasteiger charge is -2.10. The monoisotopic (exact) mass is 330 g/mol. The fourth-order valence-electron chi connectivity index (χ4n) is 3.24. The van der Waals surface area contributed by atoms with Gasteiger partial charge in [-0.3, -0.25) is 0 Å². The average molecular weight is 330 g/mol. The number of nitrogens with zero attached hydrogens (tertiary/aromatic N) is 4. The highest BCUT2D eigenvalue weighted by Crippen LogP contribution is 2.24. The summed E-state index contributed by atoms with van der Waals surface area (Å²) in [5.74, 6) is 1.64. The highest BCUT2D eigenvalue weighted by molar-refractivity contribution is 5.90. The molecule has 1 atom stereocenters. The van der Waals surface area contributed by atoms with Crippen LogP contribution < -0.4 is 0 Å². The Hall–Kier alpha value is -2.75. The molecule has 4 heteroatoms. The lowest BCUT2D eigenvalue weighted by Crippen LogP contribution is -2.00. The van der Waals surface area contributed by atoms with E-state index in [1.807, 2.05) is 24.3 Å². The van der Waals surface area contributed by atoms with Gasteiger partial charge in [0.05, 0.1) is 5.52 Å². The van der Waals surface area contributed by atoms with Gasteiger partial charge >= 0.3 is 0 Å². The lowest BCUT2D eigenvalue weighted by atomic mass is 9.96. The van der Waals surface area contributed by atoms with Crippen LogP contribution in [0.1, 0.15) is 43.6 Å². The molecule has 0 N–H and O–H groups in total. The van der Waals surface area contributed by atoms with Crippen LogP contribution in [0, 0.1) is 5.92 Å². The molecule has 2 aromatic heterocycles. The first-order valence-corrected chi connectivity index (χ1v) is 8.80. The summed E-state index contributed by atoms with van der Waals surface area (Å²) in [4.78, 5) is 9.25. The molecule has 0 aliphatic heterocycles. The van der Waals surface area contributed by atoms with E-state index in [-0.39, 0.29) is 5.92 Å². The van der Waals surface area contributed by atoms with E-state index in [1.165, 1.54) is 11.1 Å². The molecule has 0 aliphatic rings. The summed E-state index contributed by atoms with van der Waals surface area (Å²) in [5, 5.41) is 5.68. The van der Waals surface area contributed by atoms with Crippen LogP contribution in [-0.2, 0) is 6.42 Å². The Labute approximate surface area is 147 Å². The standard InChI is InChI=1S/C21H22N4/c1-14(2)12-16-8-10-17(11-9-16)15(3)20-23-21-18-6-4-5-7-19(18)22-13-25(21)24-20/h4-11,13-15H,12H2,1-3H3/t15-/m0/s1. The summed E-state index contributed by atoms with van der Waals surface area (Å²) in [5.41, 5.74) is 4.42. The zero-order valence-electron chi connectivity index (χ0n) is 14.8. The highest BCUT2D eigenvalue weighted by Gasteiger charge is 2.16. The number of rotatable bonds is 4. The molecule has 0 bridgehead atoms. The smallest absolute Gasteiger partial charge is 0.166 e. The predicted octanol–water partition coefficient (Wildman–Crippen LogP) is 4.63. The van der Waals surface area contributed by atoms with E-state index in [0.717, 1.165) is 28.8 Å². The maximum Gasteiger partial charge on any atom is 0.166 e. The summed E-state index contributed by atoms with van der Waals surface area (Å²) in [6.45, 7) is 6.65. The van der Waals surface area contributed by atoms with E-state index in [4.69, 9.17) is 4.98 Å². The van der Waals surface area contributed by atoms with Crippen LogP contribution in [0.15, 0.2) is 54.9 Å². The minimum atomic E-state index is 0.145. The molecule has 0 amide bonds. The summed E-state index contributed by atoms with van der Waals surface area (Å²) < 4.78 is 1.78. The maximum absolute atomic E-state index is 4.80. The van der Waals surface area contributed by atoms with Gasteiger partial charge in [0, 0.05) is 11.3 Å². The van der Waals surface area contributed by atoms with Crippen molar-refractivity contribution in [2.24, 2.45) is 5.92 Å². The highest BCUT2D eigenvalue weighted by atomic mass is 15.3. The second-order valence-electron chi connectivity index (χ2n) is 7.06. The van der Waals surface area contributed by atoms with Crippen LogP contribution in [0.2, 0.25) is 0 Å². The molecule has 0 saturated heterocycles. The first-order chi connectivity index (χ1) is 12.1. The summed E-state index contributed by atoms with van der Waals surface area (Å²) in [6.07, 6.45) is 2.85. The molecule has 0 unspecified atom stereocenters. The van der Waals surface area contributed by atoms with Crippen LogP contribution in [0.3, 0.4) is 0 Å². The van der Waals surface area contributed by atoms with Gasteiger partial charge in [-0.2, -0.15) is 0 Å². The van der Waals surface area contributed by atoms with Crippen molar-refractivity contribution in [3.05, 3.63) is 71.8 Å². The van der Waals surface area contributed by atoms with Crippen molar-refractivity contribution in [3.8, 4) is 0 Å². The Morgan fingerprint density at radius 3 is 2.48 bits per heavy atom. The molecule has 0 saturated carbocycles. The normalized spacial score (nSPS) is 13.0. The van der Waals surface area contributed by atoms with E-state index < -0.39 is 0 Å². The van der Waals surface area contributed by atoms with Crippen LogP contribution in [0.5, 0.6) is 0 Å². The van der Waals surface area contributed by atoms with Crippen LogP contribution in [-0.4, -0.2) is 19.6 Å². The molecular weight excluding hydrogens is 308 g/mol. The number of hydrogen-bond acceptors (Lipinski definition) is 3. The maximum atomic E-state index is 4.80. The topological polar surface area (TPSA) is 43.1 Å². The molecule has 2 heterocycles. The molecule has 0 fully saturated rings. The largest absolute Gasteiger partial charge is 0.236 e. The fourth-order valence-corrected chi connectivity index (χ4v) is 3.24. The number of fused-ring (bicyclic) bond motifs is 3. The van der Waals surface area contributed by atoms with Gasteiger partial charge in [0.1, 0.15) is 6.33 Å². The molecule has 4 nitrogen and oxygen atoms in total.